The maximum absolute atomic E-state index is 5.42. The number of morpholine rings is 1. The van der Waals surface area contributed by atoms with E-state index in [-0.39, 0.29) is 0 Å². The molecule has 1 aliphatic rings. The summed E-state index contributed by atoms with van der Waals surface area (Å²) in [5.41, 5.74) is 3.76. The quantitative estimate of drug-likeness (QED) is 0.746. The van der Waals surface area contributed by atoms with Crippen molar-refractivity contribution in [2.75, 3.05) is 43.6 Å². The summed E-state index contributed by atoms with van der Waals surface area (Å²) in [6.45, 7) is 3.24. The second-order valence-electron chi connectivity index (χ2n) is 6.15. The van der Waals surface area contributed by atoms with Gasteiger partial charge in [0.2, 0.25) is 5.95 Å². The Morgan fingerprint density at radius 2 is 1.89 bits per heavy atom. The van der Waals surface area contributed by atoms with Crippen LogP contribution in [0.25, 0.3) is 11.3 Å². The predicted octanol–water partition coefficient (Wildman–Crippen LogP) is 3.13. The average molecular weight is 363 g/mol. The number of anilines is 3. The van der Waals surface area contributed by atoms with Crippen molar-refractivity contribution in [3.8, 4) is 17.0 Å². The van der Waals surface area contributed by atoms with Gasteiger partial charge in [-0.05, 0) is 36.4 Å². The fourth-order valence-corrected chi connectivity index (χ4v) is 2.95. The zero-order chi connectivity index (χ0) is 18.5. The number of nitrogens with one attached hydrogen (secondary N) is 1. The maximum atomic E-state index is 5.42. The van der Waals surface area contributed by atoms with Crippen LogP contribution in [0.15, 0.2) is 55.0 Å². The number of aromatic nitrogens is 3. The SMILES string of the molecule is COc1ccc(Nc2nccc(-c3cncc(N4CCOCC4)c3)n2)cc1. The van der Waals surface area contributed by atoms with Crippen molar-refractivity contribution in [1.82, 2.24) is 15.0 Å². The normalized spacial score (nSPS) is 14.0. The Balaban J connectivity index is 1.54. The molecule has 0 bridgehead atoms. The monoisotopic (exact) mass is 363 g/mol. The van der Waals surface area contributed by atoms with Gasteiger partial charge in [0.1, 0.15) is 5.75 Å². The van der Waals surface area contributed by atoms with Crippen molar-refractivity contribution in [2.45, 2.75) is 0 Å². The third-order valence-corrected chi connectivity index (χ3v) is 4.40. The molecular weight excluding hydrogens is 342 g/mol. The summed E-state index contributed by atoms with van der Waals surface area (Å²) in [6.07, 6.45) is 5.45. The van der Waals surface area contributed by atoms with Crippen molar-refractivity contribution < 1.29 is 9.47 Å². The lowest BCUT2D eigenvalue weighted by Gasteiger charge is -2.28. The van der Waals surface area contributed by atoms with Crippen LogP contribution in [0.4, 0.5) is 17.3 Å². The van der Waals surface area contributed by atoms with Crippen molar-refractivity contribution in [3.05, 3.63) is 55.0 Å². The Hall–Kier alpha value is -3.19. The molecule has 1 fully saturated rings. The molecule has 2 aromatic heterocycles. The summed E-state index contributed by atoms with van der Waals surface area (Å²) >= 11 is 0. The molecule has 0 radical (unpaired) electrons. The Morgan fingerprint density at radius 1 is 1.07 bits per heavy atom. The van der Waals surface area contributed by atoms with E-state index in [1.54, 1.807) is 13.3 Å². The fraction of sp³-hybridized carbons (Fsp3) is 0.250. The lowest BCUT2D eigenvalue weighted by Crippen LogP contribution is -2.36. The van der Waals surface area contributed by atoms with Gasteiger partial charge in [-0.1, -0.05) is 0 Å². The molecule has 1 N–H and O–H groups in total. The molecule has 0 aliphatic carbocycles. The second kappa shape index (κ2) is 8.01. The van der Waals surface area contributed by atoms with Gasteiger partial charge in [0.25, 0.3) is 0 Å². The third kappa shape index (κ3) is 4.15. The molecule has 4 rings (SSSR count). The molecule has 7 heteroatoms. The molecule has 0 amide bonds. The predicted molar refractivity (Wildman–Crippen MR) is 105 cm³/mol. The van der Waals surface area contributed by atoms with E-state index in [1.165, 1.54) is 0 Å². The van der Waals surface area contributed by atoms with Gasteiger partial charge in [-0.15, -0.1) is 0 Å². The Kier molecular flexibility index (Phi) is 5.11. The first-order valence-corrected chi connectivity index (χ1v) is 8.84. The van der Waals surface area contributed by atoms with Gasteiger partial charge in [-0.3, -0.25) is 4.98 Å². The average Bonchev–Trinajstić information content (AvgIpc) is 2.75. The third-order valence-electron chi connectivity index (χ3n) is 4.40. The van der Waals surface area contributed by atoms with E-state index in [2.05, 4.69) is 31.2 Å². The van der Waals surface area contributed by atoms with Crippen LogP contribution < -0.4 is 15.0 Å². The standard InChI is InChI=1S/C20H21N5O2/c1-26-18-4-2-16(3-5-18)23-20-22-7-6-19(24-20)15-12-17(14-21-13-15)25-8-10-27-11-9-25/h2-7,12-14H,8-11H2,1H3,(H,22,23,24). The van der Waals surface area contributed by atoms with Crippen LogP contribution in [0, 0.1) is 0 Å². The lowest BCUT2D eigenvalue weighted by atomic mass is 10.2. The number of methoxy groups -OCH3 is 1. The van der Waals surface area contributed by atoms with Crippen molar-refractivity contribution in [1.29, 1.82) is 0 Å². The van der Waals surface area contributed by atoms with E-state index in [4.69, 9.17) is 9.47 Å². The summed E-state index contributed by atoms with van der Waals surface area (Å²) < 4.78 is 10.6. The van der Waals surface area contributed by atoms with Crippen LogP contribution in [0.1, 0.15) is 0 Å². The van der Waals surface area contributed by atoms with E-state index in [1.807, 2.05) is 42.7 Å². The summed E-state index contributed by atoms with van der Waals surface area (Å²) in [6, 6.07) is 11.6. The molecule has 138 valence electrons. The van der Waals surface area contributed by atoms with E-state index in [0.29, 0.717) is 5.95 Å². The highest BCUT2D eigenvalue weighted by molar-refractivity contribution is 5.65. The van der Waals surface area contributed by atoms with Gasteiger partial charge in [0.15, 0.2) is 0 Å². The Morgan fingerprint density at radius 3 is 2.67 bits per heavy atom. The minimum Gasteiger partial charge on any atom is -0.497 e. The molecule has 0 unspecified atom stereocenters. The minimum atomic E-state index is 0.537. The minimum absolute atomic E-state index is 0.537. The Bertz CT molecular complexity index is 895. The fourth-order valence-electron chi connectivity index (χ4n) is 2.95. The molecule has 0 atom stereocenters. The van der Waals surface area contributed by atoms with Crippen molar-refractivity contribution in [2.24, 2.45) is 0 Å². The molecule has 27 heavy (non-hydrogen) atoms. The second-order valence-corrected chi connectivity index (χ2v) is 6.15. The summed E-state index contributed by atoms with van der Waals surface area (Å²) in [7, 11) is 1.65. The van der Waals surface area contributed by atoms with Gasteiger partial charge in [0.05, 0.1) is 37.9 Å². The first-order chi connectivity index (χ1) is 13.3. The van der Waals surface area contributed by atoms with Crippen LogP contribution >= 0.6 is 0 Å². The molecular formula is C20H21N5O2. The van der Waals surface area contributed by atoms with Crippen molar-refractivity contribution >= 4 is 17.3 Å². The highest BCUT2D eigenvalue weighted by Crippen LogP contribution is 2.24. The number of hydrogen-bond acceptors (Lipinski definition) is 7. The summed E-state index contributed by atoms with van der Waals surface area (Å²) in [4.78, 5) is 15.6. The van der Waals surface area contributed by atoms with Gasteiger partial charge >= 0.3 is 0 Å². The highest BCUT2D eigenvalue weighted by Gasteiger charge is 2.13. The van der Waals surface area contributed by atoms with Gasteiger partial charge in [0, 0.05) is 36.7 Å². The van der Waals surface area contributed by atoms with Crippen molar-refractivity contribution in [3.63, 3.8) is 0 Å². The molecule has 1 aromatic carbocycles. The van der Waals surface area contributed by atoms with E-state index >= 15 is 0 Å². The Labute approximate surface area is 158 Å². The molecule has 1 saturated heterocycles. The summed E-state index contributed by atoms with van der Waals surface area (Å²) in [5.74, 6) is 1.34. The van der Waals surface area contributed by atoms with Gasteiger partial charge in [-0.2, -0.15) is 0 Å². The first-order valence-electron chi connectivity index (χ1n) is 8.84. The van der Waals surface area contributed by atoms with E-state index in [9.17, 15) is 0 Å². The zero-order valence-electron chi connectivity index (χ0n) is 15.1. The van der Waals surface area contributed by atoms with Crippen LogP contribution in [0.2, 0.25) is 0 Å². The van der Waals surface area contributed by atoms with Crippen LogP contribution in [-0.2, 0) is 4.74 Å². The van der Waals surface area contributed by atoms with Crippen LogP contribution in [0.3, 0.4) is 0 Å². The van der Waals surface area contributed by atoms with Gasteiger partial charge < -0.3 is 19.7 Å². The largest absolute Gasteiger partial charge is 0.497 e. The van der Waals surface area contributed by atoms with E-state index in [0.717, 1.165) is 54.7 Å². The summed E-state index contributed by atoms with van der Waals surface area (Å²) in [5, 5.41) is 3.22. The molecule has 3 aromatic rings. The lowest BCUT2D eigenvalue weighted by molar-refractivity contribution is 0.122. The molecule has 1 aliphatic heterocycles. The molecule has 3 heterocycles. The molecule has 0 spiro atoms. The number of rotatable bonds is 5. The van der Waals surface area contributed by atoms with Gasteiger partial charge in [-0.25, -0.2) is 9.97 Å². The van der Waals surface area contributed by atoms with Crippen LogP contribution in [0.5, 0.6) is 5.75 Å². The number of nitrogens with zero attached hydrogens (tertiary/aromatic N) is 4. The van der Waals surface area contributed by atoms with E-state index < -0.39 is 0 Å². The topological polar surface area (TPSA) is 72.4 Å². The molecule has 7 nitrogen and oxygen atoms in total. The zero-order valence-corrected chi connectivity index (χ0v) is 15.1. The molecule has 0 saturated carbocycles. The first kappa shape index (κ1) is 17.2. The highest BCUT2D eigenvalue weighted by atomic mass is 16.5. The number of ether oxygens (including phenoxy) is 2. The smallest absolute Gasteiger partial charge is 0.227 e. The number of benzene rings is 1. The van der Waals surface area contributed by atoms with Crippen LogP contribution in [-0.4, -0.2) is 48.4 Å². The number of hydrogen-bond donors (Lipinski definition) is 1. The number of pyridine rings is 1. The maximum Gasteiger partial charge on any atom is 0.227 e.